The second-order valence-electron chi connectivity index (χ2n) is 5.60. The molecule has 130 valence electrons. The Balaban J connectivity index is 2.19. The van der Waals surface area contributed by atoms with E-state index in [9.17, 15) is 4.79 Å². The molecule has 0 amide bonds. The van der Waals surface area contributed by atoms with Gasteiger partial charge in [0.2, 0.25) is 0 Å². The van der Waals surface area contributed by atoms with Gasteiger partial charge in [0.05, 0.1) is 20.3 Å². The fraction of sp³-hybridized carbons (Fsp3) is 0.238. The zero-order valence-electron chi connectivity index (χ0n) is 14.8. The number of rotatable bonds is 8. The molecule has 2 aromatic carbocycles. The smallest absolute Gasteiger partial charge is 0.161 e. The second-order valence-corrected chi connectivity index (χ2v) is 5.60. The van der Waals surface area contributed by atoms with Gasteiger partial charge >= 0.3 is 0 Å². The molecule has 0 heterocycles. The van der Waals surface area contributed by atoms with E-state index in [2.05, 4.69) is 4.99 Å². The third-order valence-electron chi connectivity index (χ3n) is 3.71. The van der Waals surface area contributed by atoms with Crippen LogP contribution in [0.15, 0.2) is 59.6 Å². The summed E-state index contributed by atoms with van der Waals surface area (Å²) in [5, 5.41) is 0. The van der Waals surface area contributed by atoms with Gasteiger partial charge in [0.25, 0.3) is 0 Å². The number of aliphatic imine (C=N–C) groups is 1. The van der Waals surface area contributed by atoms with Crippen LogP contribution in [0.2, 0.25) is 0 Å². The van der Waals surface area contributed by atoms with Crippen molar-refractivity contribution in [2.45, 2.75) is 19.4 Å². The number of carbonyl (C=O) groups is 1. The molecule has 2 rings (SSSR count). The highest BCUT2D eigenvalue weighted by Gasteiger charge is 2.14. The fourth-order valence-corrected chi connectivity index (χ4v) is 2.46. The Morgan fingerprint density at radius 2 is 1.80 bits per heavy atom. The Morgan fingerprint density at radius 3 is 2.44 bits per heavy atom. The number of Topliss-reactive ketones (excluding diaryl/α,β-unsaturated/α-hetero) is 1. The highest BCUT2D eigenvalue weighted by molar-refractivity contribution is 5.80. The summed E-state index contributed by atoms with van der Waals surface area (Å²) in [6.07, 6.45) is 5.93. The minimum absolute atomic E-state index is 0.0870. The van der Waals surface area contributed by atoms with Crippen molar-refractivity contribution in [3.8, 4) is 11.5 Å². The number of hydrogen-bond acceptors (Lipinski definition) is 4. The van der Waals surface area contributed by atoms with Crippen molar-refractivity contribution < 1.29 is 14.3 Å². The Labute approximate surface area is 148 Å². The van der Waals surface area contributed by atoms with Gasteiger partial charge in [0.1, 0.15) is 5.78 Å². The van der Waals surface area contributed by atoms with Gasteiger partial charge in [-0.2, -0.15) is 0 Å². The lowest BCUT2D eigenvalue weighted by Gasteiger charge is -2.14. The first-order valence-electron chi connectivity index (χ1n) is 8.10. The first-order chi connectivity index (χ1) is 12.1. The van der Waals surface area contributed by atoms with Gasteiger partial charge in [-0.05, 0) is 36.3 Å². The van der Waals surface area contributed by atoms with E-state index in [1.165, 1.54) is 0 Å². The van der Waals surface area contributed by atoms with Crippen molar-refractivity contribution in [1.82, 2.24) is 0 Å². The van der Waals surface area contributed by atoms with Crippen molar-refractivity contribution in [2.75, 3.05) is 14.2 Å². The number of ether oxygens (including phenoxy) is 2. The van der Waals surface area contributed by atoms with Gasteiger partial charge in [-0.3, -0.25) is 9.79 Å². The largest absolute Gasteiger partial charge is 0.493 e. The molecule has 0 radical (unpaired) electrons. The van der Waals surface area contributed by atoms with Crippen LogP contribution in [0.3, 0.4) is 0 Å². The molecule has 2 aromatic rings. The first kappa shape index (κ1) is 18.5. The van der Waals surface area contributed by atoms with Crippen molar-refractivity contribution in [1.29, 1.82) is 0 Å². The quantitative estimate of drug-likeness (QED) is 0.666. The lowest BCUT2D eigenvalue weighted by Crippen LogP contribution is -2.03. The van der Waals surface area contributed by atoms with Crippen LogP contribution in [-0.4, -0.2) is 26.2 Å². The number of methoxy groups -OCH3 is 2. The highest BCUT2D eigenvalue weighted by atomic mass is 16.5. The van der Waals surface area contributed by atoms with E-state index in [4.69, 9.17) is 9.47 Å². The Bertz CT molecular complexity index is 751. The Morgan fingerprint density at radius 1 is 1.08 bits per heavy atom. The molecule has 4 nitrogen and oxygen atoms in total. The van der Waals surface area contributed by atoms with Gasteiger partial charge in [-0.15, -0.1) is 0 Å². The first-order valence-corrected chi connectivity index (χ1v) is 8.10. The van der Waals surface area contributed by atoms with Crippen LogP contribution >= 0.6 is 0 Å². The average molecular weight is 337 g/mol. The molecule has 0 saturated heterocycles. The van der Waals surface area contributed by atoms with Gasteiger partial charge in [-0.25, -0.2) is 0 Å². The minimum Gasteiger partial charge on any atom is -0.493 e. The maximum absolute atomic E-state index is 11.6. The highest BCUT2D eigenvalue weighted by Crippen LogP contribution is 2.32. The second kappa shape index (κ2) is 9.42. The number of hydrogen-bond donors (Lipinski definition) is 0. The zero-order valence-corrected chi connectivity index (χ0v) is 14.8. The van der Waals surface area contributed by atoms with Crippen LogP contribution in [0.4, 0.5) is 0 Å². The molecule has 0 spiro atoms. The summed E-state index contributed by atoms with van der Waals surface area (Å²) in [5.41, 5.74) is 2.01. The molecule has 4 heteroatoms. The van der Waals surface area contributed by atoms with E-state index in [0.717, 1.165) is 11.1 Å². The summed E-state index contributed by atoms with van der Waals surface area (Å²) < 4.78 is 10.6. The Kier molecular flexibility index (Phi) is 6.96. The topological polar surface area (TPSA) is 47.9 Å². The van der Waals surface area contributed by atoms with E-state index in [-0.39, 0.29) is 11.8 Å². The van der Waals surface area contributed by atoms with E-state index < -0.39 is 0 Å². The summed E-state index contributed by atoms with van der Waals surface area (Å²) in [4.78, 5) is 16.2. The molecular formula is C21H23NO3. The number of nitrogens with zero attached hydrogens (tertiary/aromatic N) is 1. The summed E-state index contributed by atoms with van der Waals surface area (Å²) in [5.74, 6) is 1.37. The monoisotopic (exact) mass is 337 g/mol. The van der Waals surface area contributed by atoms with Crippen LogP contribution in [0.1, 0.15) is 30.5 Å². The summed E-state index contributed by atoms with van der Waals surface area (Å²) in [7, 11) is 3.19. The molecular weight excluding hydrogens is 314 g/mol. The normalized spacial score (nSPS) is 12.4. The predicted molar refractivity (Wildman–Crippen MR) is 102 cm³/mol. The van der Waals surface area contributed by atoms with Crippen LogP contribution < -0.4 is 9.47 Å². The summed E-state index contributed by atoms with van der Waals surface area (Å²) >= 11 is 0. The van der Waals surface area contributed by atoms with Gasteiger partial charge < -0.3 is 9.47 Å². The van der Waals surface area contributed by atoms with Crippen molar-refractivity contribution >= 4 is 18.1 Å². The molecule has 0 N–H and O–H groups in total. The Hall–Kier alpha value is -2.88. The van der Waals surface area contributed by atoms with Crippen molar-refractivity contribution in [2.24, 2.45) is 4.99 Å². The fourth-order valence-electron chi connectivity index (χ4n) is 2.46. The van der Waals surface area contributed by atoms with E-state index in [1.54, 1.807) is 27.4 Å². The van der Waals surface area contributed by atoms with Gasteiger partial charge in [0.15, 0.2) is 11.5 Å². The van der Waals surface area contributed by atoms with Crippen LogP contribution in [0, 0.1) is 0 Å². The molecule has 0 aliphatic heterocycles. The predicted octanol–water partition coefficient (Wildman–Crippen LogP) is 4.51. The minimum atomic E-state index is -0.252. The maximum Gasteiger partial charge on any atom is 0.161 e. The third kappa shape index (κ3) is 5.60. The third-order valence-corrected chi connectivity index (χ3v) is 3.71. The van der Waals surface area contributed by atoms with Crippen LogP contribution in [-0.2, 0) is 4.79 Å². The average Bonchev–Trinajstić information content (AvgIpc) is 2.64. The molecule has 0 fully saturated rings. The standard InChI is InChI=1S/C21H23NO3/c1-16(23)14-19(18-11-12-20(24-2)21(15-18)25-3)22-13-7-10-17-8-5-4-6-9-17/h4-13,15,19H,14H2,1-3H3/b10-7+,22-13?/t19-/m1/s1. The maximum atomic E-state index is 11.6. The molecule has 0 aromatic heterocycles. The number of allylic oxidation sites excluding steroid dienone is 1. The molecule has 25 heavy (non-hydrogen) atoms. The molecule has 1 atom stereocenters. The summed E-state index contributed by atoms with van der Waals surface area (Å²) in [6.45, 7) is 1.57. The van der Waals surface area contributed by atoms with E-state index in [0.29, 0.717) is 17.9 Å². The lowest BCUT2D eigenvalue weighted by atomic mass is 10.0. The molecule has 0 aliphatic rings. The van der Waals surface area contributed by atoms with Crippen molar-refractivity contribution in [3.63, 3.8) is 0 Å². The van der Waals surface area contributed by atoms with Gasteiger partial charge in [-0.1, -0.05) is 42.5 Å². The molecule has 0 bridgehead atoms. The van der Waals surface area contributed by atoms with Crippen LogP contribution in [0.25, 0.3) is 6.08 Å². The van der Waals surface area contributed by atoms with Crippen LogP contribution in [0.5, 0.6) is 11.5 Å². The number of carbonyl (C=O) groups excluding carboxylic acids is 1. The summed E-state index contributed by atoms with van der Waals surface area (Å²) in [6, 6.07) is 15.3. The molecule has 0 aliphatic carbocycles. The number of ketones is 1. The van der Waals surface area contributed by atoms with Gasteiger partial charge in [0, 0.05) is 12.6 Å². The van der Waals surface area contributed by atoms with E-state index in [1.807, 2.05) is 60.7 Å². The SMILES string of the molecule is COc1ccc([C@@H](CC(C)=O)N=C/C=C/c2ccccc2)cc1OC. The molecule has 0 unspecified atom stereocenters. The van der Waals surface area contributed by atoms with Crippen molar-refractivity contribution in [3.05, 3.63) is 65.7 Å². The zero-order chi connectivity index (χ0) is 18.1. The molecule has 0 saturated carbocycles. The lowest BCUT2D eigenvalue weighted by molar-refractivity contribution is -0.117. The number of benzene rings is 2. The van der Waals surface area contributed by atoms with E-state index >= 15 is 0 Å².